The first-order valence-electron chi connectivity index (χ1n) is 7.31. The lowest BCUT2D eigenvalue weighted by atomic mass is 10.0. The molecule has 2 aromatic rings. The molecule has 1 heterocycles. The molecule has 0 bridgehead atoms. The summed E-state index contributed by atoms with van der Waals surface area (Å²) >= 11 is 0. The Morgan fingerprint density at radius 3 is 2.45 bits per heavy atom. The summed E-state index contributed by atoms with van der Waals surface area (Å²) in [5, 5.41) is 0. The van der Waals surface area contributed by atoms with Crippen LogP contribution in [0.5, 0.6) is 17.2 Å². The van der Waals surface area contributed by atoms with Gasteiger partial charge in [-0.05, 0) is 43.7 Å². The minimum Gasteiger partial charge on any atom is -0.486 e. The van der Waals surface area contributed by atoms with Crippen LogP contribution >= 0.6 is 0 Å². The van der Waals surface area contributed by atoms with Crippen molar-refractivity contribution in [2.75, 3.05) is 13.2 Å². The molecule has 1 atom stereocenters. The van der Waals surface area contributed by atoms with Gasteiger partial charge in [-0.3, -0.25) is 4.79 Å². The van der Waals surface area contributed by atoms with Crippen LogP contribution in [0.15, 0.2) is 42.5 Å². The smallest absolute Gasteiger partial charge is 0.318 e. The highest BCUT2D eigenvalue weighted by Gasteiger charge is 2.20. The molecular formula is C18H18O4. The van der Waals surface area contributed by atoms with E-state index in [1.807, 2.05) is 44.2 Å². The van der Waals surface area contributed by atoms with E-state index < -0.39 is 0 Å². The van der Waals surface area contributed by atoms with Gasteiger partial charge in [0.2, 0.25) is 0 Å². The van der Waals surface area contributed by atoms with Crippen LogP contribution in [0.3, 0.4) is 0 Å². The molecule has 0 fully saturated rings. The Kier molecular flexibility index (Phi) is 4.00. The van der Waals surface area contributed by atoms with Crippen molar-refractivity contribution in [2.45, 2.75) is 19.8 Å². The fourth-order valence-corrected chi connectivity index (χ4v) is 2.28. The second-order valence-electron chi connectivity index (χ2n) is 5.36. The molecule has 2 aromatic carbocycles. The molecule has 0 saturated heterocycles. The number of fused-ring (bicyclic) bond motifs is 1. The molecule has 0 spiro atoms. The van der Waals surface area contributed by atoms with Crippen molar-refractivity contribution in [3.05, 3.63) is 53.6 Å². The number of hydrogen-bond donors (Lipinski definition) is 0. The van der Waals surface area contributed by atoms with Gasteiger partial charge in [-0.2, -0.15) is 0 Å². The van der Waals surface area contributed by atoms with Crippen LogP contribution in [0, 0.1) is 6.92 Å². The number of rotatable bonds is 3. The number of carbonyl (C=O) groups excluding carboxylic acids is 1. The lowest BCUT2D eigenvalue weighted by Gasteiger charge is -2.20. The maximum atomic E-state index is 12.3. The highest BCUT2D eigenvalue weighted by Crippen LogP contribution is 2.33. The zero-order valence-electron chi connectivity index (χ0n) is 12.7. The second-order valence-corrected chi connectivity index (χ2v) is 5.36. The lowest BCUT2D eigenvalue weighted by molar-refractivity contribution is -0.135. The predicted octanol–water partition coefficient (Wildman–Crippen LogP) is 3.48. The van der Waals surface area contributed by atoms with E-state index in [9.17, 15) is 4.79 Å². The molecule has 1 unspecified atom stereocenters. The molecule has 1 aliphatic rings. The Labute approximate surface area is 129 Å². The summed E-state index contributed by atoms with van der Waals surface area (Å²) in [6.45, 7) is 4.89. The van der Waals surface area contributed by atoms with Crippen molar-refractivity contribution >= 4 is 5.97 Å². The summed E-state index contributed by atoms with van der Waals surface area (Å²) in [5.74, 6) is 1.28. The second kappa shape index (κ2) is 6.10. The Balaban J connectivity index is 1.73. The van der Waals surface area contributed by atoms with Gasteiger partial charge in [0.15, 0.2) is 11.5 Å². The largest absolute Gasteiger partial charge is 0.486 e. The van der Waals surface area contributed by atoms with Crippen molar-refractivity contribution in [3.63, 3.8) is 0 Å². The number of hydrogen-bond acceptors (Lipinski definition) is 4. The maximum absolute atomic E-state index is 12.3. The molecule has 114 valence electrons. The first-order valence-corrected chi connectivity index (χ1v) is 7.31. The first kappa shape index (κ1) is 14.4. The number of benzene rings is 2. The van der Waals surface area contributed by atoms with Crippen LogP contribution in [-0.4, -0.2) is 19.2 Å². The van der Waals surface area contributed by atoms with Crippen LogP contribution in [-0.2, 0) is 4.79 Å². The molecule has 1 aliphatic heterocycles. The third kappa shape index (κ3) is 3.06. The number of ether oxygens (including phenoxy) is 3. The van der Waals surface area contributed by atoms with Gasteiger partial charge in [-0.15, -0.1) is 0 Å². The normalized spacial score (nSPS) is 14.3. The van der Waals surface area contributed by atoms with Gasteiger partial charge in [-0.25, -0.2) is 0 Å². The molecule has 0 aromatic heterocycles. The van der Waals surface area contributed by atoms with Crippen molar-refractivity contribution < 1.29 is 19.0 Å². The average molecular weight is 298 g/mol. The van der Waals surface area contributed by atoms with E-state index in [1.54, 1.807) is 12.1 Å². The summed E-state index contributed by atoms with van der Waals surface area (Å²) in [7, 11) is 0. The third-order valence-electron chi connectivity index (χ3n) is 3.66. The summed E-state index contributed by atoms with van der Waals surface area (Å²) in [6, 6.07) is 13.0. The SMILES string of the molecule is Cc1ccc(OC(=O)C(C)c2ccc3c(c2)OCCO3)cc1. The van der Waals surface area contributed by atoms with E-state index in [2.05, 4.69) is 0 Å². The number of esters is 1. The number of aryl methyl sites for hydroxylation is 1. The van der Waals surface area contributed by atoms with Crippen molar-refractivity contribution in [3.8, 4) is 17.2 Å². The highest BCUT2D eigenvalue weighted by molar-refractivity contribution is 5.80. The van der Waals surface area contributed by atoms with Crippen LogP contribution in [0.4, 0.5) is 0 Å². The quantitative estimate of drug-likeness (QED) is 0.643. The van der Waals surface area contributed by atoms with Gasteiger partial charge < -0.3 is 14.2 Å². The lowest BCUT2D eigenvalue weighted by Crippen LogP contribution is -2.18. The molecule has 0 aliphatic carbocycles. The van der Waals surface area contributed by atoms with Gasteiger partial charge in [0.05, 0.1) is 5.92 Å². The highest BCUT2D eigenvalue weighted by atomic mass is 16.6. The standard InChI is InChI=1S/C18H18O4/c1-12-3-6-15(7-4-12)22-18(19)13(2)14-5-8-16-17(11-14)21-10-9-20-16/h3-8,11,13H,9-10H2,1-2H3. The first-order chi connectivity index (χ1) is 10.6. The Morgan fingerprint density at radius 2 is 1.73 bits per heavy atom. The summed E-state index contributed by atoms with van der Waals surface area (Å²) in [5.41, 5.74) is 1.97. The summed E-state index contributed by atoms with van der Waals surface area (Å²) in [6.07, 6.45) is 0. The zero-order chi connectivity index (χ0) is 15.5. The minimum absolute atomic E-state index is 0.291. The summed E-state index contributed by atoms with van der Waals surface area (Å²) in [4.78, 5) is 12.3. The molecule has 4 nitrogen and oxygen atoms in total. The van der Waals surface area contributed by atoms with Crippen LogP contribution < -0.4 is 14.2 Å². The molecular weight excluding hydrogens is 280 g/mol. The van der Waals surface area contributed by atoms with Crippen LogP contribution in [0.2, 0.25) is 0 Å². The van der Waals surface area contributed by atoms with E-state index in [4.69, 9.17) is 14.2 Å². The summed E-state index contributed by atoms with van der Waals surface area (Å²) < 4.78 is 16.5. The fraction of sp³-hybridized carbons (Fsp3) is 0.278. The minimum atomic E-state index is -0.378. The molecule has 0 N–H and O–H groups in total. The van der Waals surface area contributed by atoms with E-state index in [-0.39, 0.29) is 11.9 Å². The van der Waals surface area contributed by atoms with Gasteiger partial charge in [-0.1, -0.05) is 23.8 Å². The Morgan fingerprint density at radius 1 is 1.05 bits per heavy atom. The van der Waals surface area contributed by atoms with E-state index in [0.29, 0.717) is 30.5 Å². The predicted molar refractivity (Wildman–Crippen MR) is 82.7 cm³/mol. The van der Waals surface area contributed by atoms with Gasteiger partial charge >= 0.3 is 5.97 Å². The third-order valence-corrected chi connectivity index (χ3v) is 3.66. The van der Waals surface area contributed by atoms with Crippen molar-refractivity contribution in [1.82, 2.24) is 0 Å². The van der Waals surface area contributed by atoms with E-state index in [0.717, 1.165) is 11.1 Å². The topological polar surface area (TPSA) is 44.8 Å². The molecule has 0 radical (unpaired) electrons. The van der Waals surface area contributed by atoms with Crippen LogP contribution in [0.1, 0.15) is 24.0 Å². The van der Waals surface area contributed by atoms with Crippen molar-refractivity contribution in [2.24, 2.45) is 0 Å². The Bertz CT molecular complexity index is 676. The van der Waals surface area contributed by atoms with Crippen LogP contribution in [0.25, 0.3) is 0 Å². The monoisotopic (exact) mass is 298 g/mol. The van der Waals surface area contributed by atoms with Crippen molar-refractivity contribution in [1.29, 1.82) is 0 Å². The average Bonchev–Trinajstić information content (AvgIpc) is 2.55. The number of carbonyl (C=O) groups is 1. The molecule has 0 saturated carbocycles. The maximum Gasteiger partial charge on any atom is 0.318 e. The van der Waals surface area contributed by atoms with E-state index >= 15 is 0 Å². The molecule has 3 rings (SSSR count). The molecule has 4 heteroatoms. The van der Waals surface area contributed by atoms with Gasteiger partial charge in [0.1, 0.15) is 19.0 Å². The zero-order valence-corrected chi connectivity index (χ0v) is 12.7. The van der Waals surface area contributed by atoms with Gasteiger partial charge in [0.25, 0.3) is 0 Å². The van der Waals surface area contributed by atoms with E-state index in [1.165, 1.54) is 0 Å². The van der Waals surface area contributed by atoms with Gasteiger partial charge in [0, 0.05) is 0 Å². The molecule has 0 amide bonds. The fourth-order valence-electron chi connectivity index (χ4n) is 2.28. The Hall–Kier alpha value is -2.49. The molecule has 22 heavy (non-hydrogen) atoms.